The molecule has 1 amide bonds. The van der Waals surface area contributed by atoms with Crippen LogP contribution in [0.3, 0.4) is 0 Å². The Morgan fingerprint density at radius 2 is 1.72 bits per heavy atom. The molecule has 0 fully saturated rings. The summed E-state index contributed by atoms with van der Waals surface area (Å²) in [6, 6.07) is 14.7. The molecule has 1 N–H and O–H groups in total. The third-order valence-corrected chi connectivity index (χ3v) is 4.18. The fraction of sp³-hybridized carbons (Fsp3) is 0.391. The Morgan fingerprint density at radius 1 is 1.00 bits per heavy atom. The van der Waals surface area contributed by atoms with Crippen molar-refractivity contribution in [2.75, 3.05) is 20.3 Å². The maximum atomic E-state index is 12.4. The minimum Gasteiger partial charge on any atom is -0.493 e. The molecule has 1 atom stereocenters. The van der Waals surface area contributed by atoms with Crippen molar-refractivity contribution >= 4 is 11.9 Å². The van der Waals surface area contributed by atoms with Crippen molar-refractivity contribution in [3.05, 3.63) is 59.7 Å². The van der Waals surface area contributed by atoms with Crippen LogP contribution in [0.5, 0.6) is 11.5 Å². The number of methoxy groups -OCH3 is 1. The summed E-state index contributed by atoms with van der Waals surface area (Å²) in [6.07, 6.45) is -0.191. The molecule has 0 saturated carbocycles. The van der Waals surface area contributed by atoms with E-state index in [0.29, 0.717) is 42.6 Å². The molecule has 0 spiro atoms. The highest BCUT2D eigenvalue weighted by atomic mass is 16.5. The Hall–Kier alpha value is -3.02. The Labute approximate surface area is 172 Å². The van der Waals surface area contributed by atoms with Crippen LogP contribution in [0.1, 0.15) is 36.7 Å². The Morgan fingerprint density at radius 3 is 2.38 bits per heavy atom. The lowest BCUT2D eigenvalue weighted by molar-refractivity contribution is -0.129. The van der Waals surface area contributed by atoms with E-state index in [0.717, 1.165) is 5.56 Å². The fourth-order valence-electron chi connectivity index (χ4n) is 2.57. The molecule has 6 heteroatoms. The third kappa shape index (κ3) is 7.14. The average molecular weight is 399 g/mol. The van der Waals surface area contributed by atoms with Crippen molar-refractivity contribution in [3.63, 3.8) is 0 Å². The molecule has 156 valence electrons. The van der Waals surface area contributed by atoms with Gasteiger partial charge in [-0.25, -0.2) is 4.79 Å². The molecule has 2 aromatic rings. The van der Waals surface area contributed by atoms with Crippen LogP contribution in [-0.2, 0) is 16.0 Å². The lowest BCUT2D eigenvalue weighted by Gasteiger charge is -2.15. The Bertz CT molecular complexity index is 804. The van der Waals surface area contributed by atoms with E-state index in [1.54, 1.807) is 25.1 Å². The molecule has 6 nitrogen and oxygen atoms in total. The lowest BCUT2D eigenvalue weighted by Crippen LogP contribution is -2.36. The molecule has 0 heterocycles. The smallest absolute Gasteiger partial charge is 0.339 e. The summed E-state index contributed by atoms with van der Waals surface area (Å²) in [5, 5.41) is 2.79. The van der Waals surface area contributed by atoms with E-state index in [1.807, 2.05) is 44.2 Å². The van der Waals surface area contributed by atoms with E-state index in [9.17, 15) is 9.59 Å². The van der Waals surface area contributed by atoms with Gasteiger partial charge in [0, 0.05) is 6.54 Å². The van der Waals surface area contributed by atoms with E-state index in [1.165, 1.54) is 7.11 Å². The SMILES string of the molecule is COc1cc(C(=O)O[C@H](C)C(=O)NCCc2ccccc2)ccc1OCC(C)C. The number of amides is 1. The molecular weight excluding hydrogens is 370 g/mol. The molecule has 0 aliphatic carbocycles. The van der Waals surface area contributed by atoms with E-state index in [4.69, 9.17) is 14.2 Å². The first kappa shape index (κ1) is 22.3. The number of carbonyl (C=O) groups excluding carboxylic acids is 2. The van der Waals surface area contributed by atoms with Crippen LogP contribution in [0.15, 0.2) is 48.5 Å². The van der Waals surface area contributed by atoms with Crippen molar-refractivity contribution in [1.29, 1.82) is 0 Å². The minimum absolute atomic E-state index is 0.294. The van der Waals surface area contributed by atoms with Gasteiger partial charge >= 0.3 is 5.97 Å². The van der Waals surface area contributed by atoms with E-state index >= 15 is 0 Å². The summed E-state index contributed by atoms with van der Waals surface area (Å²) in [5.41, 5.74) is 1.42. The van der Waals surface area contributed by atoms with Crippen molar-refractivity contribution in [2.24, 2.45) is 5.92 Å². The van der Waals surface area contributed by atoms with Gasteiger partial charge in [0.05, 0.1) is 19.3 Å². The summed E-state index contributed by atoms with van der Waals surface area (Å²) in [4.78, 5) is 24.6. The Balaban J connectivity index is 1.88. The number of hydrogen-bond acceptors (Lipinski definition) is 5. The van der Waals surface area contributed by atoms with Crippen molar-refractivity contribution < 1.29 is 23.8 Å². The van der Waals surface area contributed by atoms with Gasteiger partial charge in [0.1, 0.15) is 0 Å². The quantitative estimate of drug-likeness (QED) is 0.618. The number of nitrogens with one attached hydrogen (secondary N) is 1. The maximum Gasteiger partial charge on any atom is 0.339 e. The largest absolute Gasteiger partial charge is 0.493 e. The molecular formula is C23H29NO5. The van der Waals surface area contributed by atoms with Gasteiger partial charge in [-0.2, -0.15) is 0 Å². The van der Waals surface area contributed by atoms with E-state index in [-0.39, 0.29) is 5.91 Å². The fourth-order valence-corrected chi connectivity index (χ4v) is 2.57. The van der Waals surface area contributed by atoms with E-state index in [2.05, 4.69) is 5.32 Å². The first-order chi connectivity index (χ1) is 13.9. The Kier molecular flexibility index (Phi) is 8.52. The molecule has 2 aromatic carbocycles. The molecule has 29 heavy (non-hydrogen) atoms. The predicted molar refractivity (Wildman–Crippen MR) is 111 cm³/mol. The average Bonchev–Trinajstić information content (AvgIpc) is 2.72. The highest BCUT2D eigenvalue weighted by molar-refractivity contribution is 5.92. The van der Waals surface area contributed by atoms with Gasteiger partial charge in [-0.15, -0.1) is 0 Å². The molecule has 0 saturated heterocycles. The summed E-state index contributed by atoms with van der Waals surface area (Å²) in [5.74, 6) is 0.442. The molecule has 0 aliphatic heterocycles. The number of rotatable bonds is 10. The van der Waals surface area contributed by atoms with Crippen LogP contribution in [-0.4, -0.2) is 38.2 Å². The normalized spacial score (nSPS) is 11.6. The third-order valence-electron chi connectivity index (χ3n) is 4.18. The van der Waals surface area contributed by atoms with Crippen LogP contribution in [0.4, 0.5) is 0 Å². The summed E-state index contributed by atoms with van der Waals surface area (Å²) in [6.45, 7) is 6.66. The predicted octanol–water partition coefficient (Wildman–Crippen LogP) is 3.63. The number of esters is 1. The maximum absolute atomic E-state index is 12.4. The second-order valence-corrected chi connectivity index (χ2v) is 7.14. The molecule has 0 bridgehead atoms. The number of benzene rings is 2. The second-order valence-electron chi connectivity index (χ2n) is 7.14. The zero-order valence-corrected chi connectivity index (χ0v) is 17.4. The standard InChI is InChI=1S/C23H29NO5/c1-16(2)15-28-20-11-10-19(14-21(20)27-4)23(26)29-17(3)22(25)24-13-12-18-8-6-5-7-9-18/h5-11,14,16-17H,12-13,15H2,1-4H3,(H,24,25)/t17-/m1/s1. The van der Waals surface area contributed by atoms with Crippen molar-refractivity contribution in [3.8, 4) is 11.5 Å². The van der Waals surface area contributed by atoms with Crippen LogP contribution in [0.25, 0.3) is 0 Å². The van der Waals surface area contributed by atoms with Gasteiger partial charge in [-0.05, 0) is 43.0 Å². The highest BCUT2D eigenvalue weighted by Gasteiger charge is 2.20. The molecule has 2 rings (SSSR count). The highest BCUT2D eigenvalue weighted by Crippen LogP contribution is 2.29. The van der Waals surface area contributed by atoms with Gasteiger partial charge in [0.15, 0.2) is 17.6 Å². The van der Waals surface area contributed by atoms with Gasteiger partial charge in [0.25, 0.3) is 5.91 Å². The number of hydrogen-bond donors (Lipinski definition) is 1. The first-order valence-corrected chi connectivity index (χ1v) is 9.74. The van der Waals surface area contributed by atoms with Gasteiger partial charge in [-0.3, -0.25) is 4.79 Å². The summed E-state index contributed by atoms with van der Waals surface area (Å²) in [7, 11) is 1.51. The zero-order valence-electron chi connectivity index (χ0n) is 17.4. The van der Waals surface area contributed by atoms with Crippen molar-refractivity contribution in [1.82, 2.24) is 5.32 Å². The molecule has 0 aliphatic rings. The van der Waals surface area contributed by atoms with Crippen LogP contribution in [0.2, 0.25) is 0 Å². The van der Waals surface area contributed by atoms with Crippen LogP contribution in [0, 0.1) is 5.92 Å². The number of carbonyl (C=O) groups is 2. The number of ether oxygens (including phenoxy) is 3. The van der Waals surface area contributed by atoms with Gasteiger partial charge in [-0.1, -0.05) is 44.2 Å². The minimum atomic E-state index is -0.902. The van der Waals surface area contributed by atoms with Gasteiger partial charge in [0.2, 0.25) is 0 Å². The molecule has 0 radical (unpaired) electrons. The van der Waals surface area contributed by atoms with Crippen LogP contribution < -0.4 is 14.8 Å². The second kappa shape index (κ2) is 11.1. The van der Waals surface area contributed by atoms with Crippen molar-refractivity contribution in [2.45, 2.75) is 33.3 Å². The first-order valence-electron chi connectivity index (χ1n) is 9.74. The lowest BCUT2D eigenvalue weighted by atomic mass is 10.1. The monoisotopic (exact) mass is 399 g/mol. The molecule has 0 aromatic heterocycles. The van der Waals surface area contributed by atoms with Gasteiger partial charge < -0.3 is 19.5 Å². The topological polar surface area (TPSA) is 73.9 Å². The zero-order chi connectivity index (χ0) is 21.2. The summed E-state index contributed by atoms with van der Waals surface area (Å²) < 4.78 is 16.3. The van der Waals surface area contributed by atoms with Crippen LogP contribution >= 0.6 is 0 Å². The van der Waals surface area contributed by atoms with E-state index < -0.39 is 12.1 Å². The molecule has 0 unspecified atom stereocenters. The summed E-state index contributed by atoms with van der Waals surface area (Å²) >= 11 is 0.